The average molecular weight is 142 g/mol. The van der Waals surface area contributed by atoms with Crippen LogP contribution in [0.2, 0.25) is 0 Å². The van der Waals surface area contributed by atoms with E-state index in [-0.39, 0.29) is 6.54 Å². The fourth-order valence-corrected chi connectivity index (χ4v) is 0.614. The second kappa shape index (κ2) is 3.22. The molecule has 4 nitrogen and oxygen atoms in total. The van der Waals surface area contributed by atoms with E-state index in [1.807, 2.05) is 0 Å². The van der Waals surface area contributed by atoms with E-state index < -0.39 is 5.97 Å². The average Bonchev–Trinajstić information content (AvgIpc) is 2.40. The van der Waals surface area contributed by atoms with Crippen molar-refractivity contribution < 1.29 is 14.4 Å². The Kier molecular flexibility index (Phi) is 2.28. The molecule has 0 spiro atoms. The van der Waals surface area contributed by atoms with Gasteiger partial charge in [-0.3, -0.25) is 14.7 Å². The van der Waals surface area contributed by atoms with Crippen molar-refractivity contribution in [2.24, 2.45) is 0 Å². The number of ether oxygens (including phenoxy) is 1. The number of nitrogens with zero attached hydrogens (tertiary/aromatic N) is 1. The third kappa shape index (κ3) is 1.73. The fraction of sp³-hybridized carbons (Fsp3) is 0.333. The summed E-state index contributed by atoms with van der Waals surface area (Å²) in [6.45, 7) is 0.615. The first-order chi connectivity index (χ1) is 4.83. The molecule has 0 unspecified atom stereocenters. The molecule has 0 fully saturated rings. The van der Waals surface area contributed by atoms with E-state index in [1.54, 1.807) is 12.3 Å². The van der Waals surface area contributed by atoms with Crippen LogP contribution in [0.4, 0.5) is 0 Å². The summed E-state index contributed by atoms with van der Waals surface area (Å²) in [7, 11) is 2.97. The van der Waals surface area contributed by atoms with E-state index in [4.69, 9.17) is 4.84 Å². The summed E-state index contributed by atoms with van der Waals surface area (Å²) in [6, 6.07) is 0. The van der Waals surface area contributed by atoms with Gasteiger partial charge >= 0.3 is 5.97 Å². The normalized spacial score (nSPS) is 15.9. The lowest BCUT2D eigenvalue weighted by atomic mass is 10.6. The van der Waals surface area contributed by atoms with Crippen LogP contribution in [0.1, 0.15) is 0 Å². The van der Waals surface area contributed by atoms with Gasteiger partial charge in [0, 0.05) is 6.20 Å². The lowest BCUT2D eigenvalue weighted by molar-refractivity contribution is -0.152. The van der Waals surface area contributed by atoms with Crippen molar-refractivity contribution in [2.75, 3.05) is 13.2 Å². The number of hydrogen-bond acceptors (Lipinski definition) is 4. The fourth-order valence-electron chi connectivity index (χ4n) is 0.614. The molecule has 1 radical (unpaired) electrons. The van der Waals surface area contributed by atoms with Crippen molar-refractivity contribution in [3.8, 4) is 0 Å². The molecule has 0 bridgehead atoms. The van der Waals surface area contributed by atoms with Crippen molar-refractivity contribution in [3.63, 3.8) is 0 Å². The quantitative estimate of drug-likeness (QED) is 0.512. The lowest BCUT2D eigenvalue weighted by Gasteiger charge is -2.11. The number of rotatable bonds is 2. The Hall–Kier alpha value is -1.03. The predicted octanol–water partition coefficient (Wildman–Crippen LogP) is 0.0821. The molecule has 10 heavy (non-hydrogen) atoms. The number of hydrogen-bond donors (Lipinski definition) is 0. The smallest absolute Gasteiger partial charge is 0.328 e. The van der Waals surface area contributed by atoms with E-state index in [1.165, 1.54) is 5.06 Å². The van der Waals surface area contributed by atoms with Gasteiger partial charge in [0.05, 0.1) is 6.61 Å². The summed E-state index contributed by atoms with van der Waals surface area (Å²) in [5.41, 5.74) is 0. The Morgan fingerprint density at radius 2 is 2.70 bits per heavy atom. The lowest BCUT2D eigenvalue weighted by Crippen LogP contribution is -2.22. The maximum absolute atomic E-state index is 10.5. The molecule has 1 aliphatic rings. The molecule has 0 aliphatic carbocycles. The molecule has 0 saturated carbocycles. The van der Waals surface area contributed by atoms with Gasteiger partial charge in [-0.2, -0.15) is 0 Å². The van der Waals surface area contributed by atoms with E-state index >= 15 is 0 Å². The summed E-state index contributed by atoms with van der Waals surface area (Å²) >= 11 is 0. The molecule has 55 valence electrons. The van der Waals surface area contributed by atoms with Gasteiger partial charge < -0.3 is 4.74 Å². The maximum atomic E-state index is 10.5. The third-order valence-corrected chi connectivity index (χ3v) is 1.05. The van der Waals surface area contributed by atoms with Crippen LogP contribution >= 0.6 is 0 Å². The highest BCUT2D eigenvalue weighted by molar-refractivity contribution is 5.71. The van der Waals surface area contributed by atoms with Crippen molar-refractivity contribution in [1.29, 1.82) is 0 Å². The molecule has 0 amide bonds. The molecule has 0 saturated heterocycles. The molecule has 1 aliphatic heterocycles. The number of hydroxylamine groups is 2. The van der Waals surface area contributed by atoms with Gasteiger partial charge in [0.1, 0.15) is 13.7 Å². The predicted molar refractivity (Wildman–Crippen MR) is 33.2 cm³/mol. The topological polar surface area (TPSA) is 38.8 Å². The number of carbonyl (C=O) groups excluding carboxylic acids is 1. The molecule has 1 heterocycles. The minimum absolute atomic E-state index is 0.0972. The summed E-state index contributed by atoms with van der Waals surface area (Å²) < 4.78 is 4.17. The largest absolute Gasteiger partial charge is 0.461 e. The van der Waals surface area contributed by atoms with Crippen LogP contribution in [-0.2, 0) is 14.4 Å². The van der Waals surface area contributed by atoms with Crippen molar-refractivity contribution in [1.82, 2.24) is 5.06 Å². The van der Waals surface area contributed by atoms with Crippen LogP contribution in [0.15, 0.2) is 12.3 Å². The molecule has 0 aromatic carbocycles. The number of esters is 1. The highest BCUT2D eigenvalue weighted by Crippen LogP contribution is 1.99. The first-order valence-electron chi connectivity index (χ1n) is 2.84. The second-order valence-corrected chi connectivity index (χ2v) is 1.77. The summed E-state index contributed by atoms with van der Waals surface area (Å²) in [6.07, 6.45) is 3.48. The zero-order chi connectivity index (χ0) is 7.40. The molecule has 4 heteroatoms. The van der Waals surface area contributed by atoms with Crippen LogP contribution in [0.3, 0.4) is 0 Å². The standard InChI is InChI=1S/C6H8NO3/c1-9-6(8)5-7-3-2-4-10-7/h2-3H,1,4-5H2. The minimum Gasteiger partial charge on any atom is -0.461 e. The molecule has 1 rings (SSSR count). The highest BCUT2D eigenvalue weighted by atomic mass is 16.7. The Bertz CT molecular complexity index is 155. The third-order valence-electron chi connectivity index (χ3n) is 1.05. The van der Waals surface area contributed by atoms with Crippen LogP contribution in [0.25, 0.3) is 0 Å². The summed E-state index contributed by atoms with van der Waals surface area (Å²) in [4.78, 5) is 15.4. The Labute approximate surface area is 59.0 Å². The zero-order valence-corrected chi connectivity index (χ0v) is 5.45. The maximum Gasteiger partial charge on any atom is 0.328 e. The second-order valence-electron chi connectivity index (χ2n) is 1.77. The Morgan fingerprint density at radius 3 is 3.20 bits per heavy atom. The van der Waals surface area contributed by atoms with Gasteiger partial charge in [-0.1, -0.05) is 0 Å². The molecule has 0 aromatic rings. The molecule has 0 N–H and O–H groups in total. The summed E-state index contributed by atoms with van der Waals surface area (Å²) in [5, 5.41) is 1.40. The zero-order valence-electron chi connectivity index (χ0n) is 5.45. The molecular weight excluding hydrogens is 134 g/mol. The van der Waals surface area contributed by atoms with Crippen LogP contribution in [0.5, 0.6) is 0 Å². The van der Waals surface area contributed by atoms with Gasteiger partial charge in [0.25, 0.3) is 0 Å². The molecular formula is C6H8NO3. The van der Waals surface area contributed by atoms with E-state index in [2.05, 4.69) is 11.8 Å². The van der Waals surface area contributed by atoms with Crippen molar-refractivity contribution >= 4 is 5.97 Å². The van der Waals surface area contributed by atoms with E-state index in [0.717, 1.165) is 0 Å². The Morgan fingerprint density at radius 1 is 1.90 bits per heavy atom. The van der Waals surface area contributed by atoms with E-state index in [9.17, 15) is 4.79 Å². The molecule has 0 aromatic heterocycles. The molecule has 0 atom stereocenters. The van der Waals surface area contributed by atoms with E-state index in [0.29, 0.717) is 6.61 Å². The Balaban J connectivity index is 2.24. The first-order valence-corrected chi connectivity index (χ1v) is 2.84. The summed E-state index contributed by atoms with van der Waals surface area (Å²) in [5.74, 6) is -0.411. The first kappa shape index (κ1) is 7.08. The van der Waals surface area contributed by atoms with Gasteiger partial charge in [-0.15, -0.1) is 0 Å². The van der Waals surface area contributed by atoms with Gasteiger partial charge in [0.15, 0.2) is 0 Å². The highest BCUT2D eigenvalue weighted by Gasteiger charge is 2.09. The van der Waals surface area contributed by atoms with Crippen molar-refractivity contribution in [2.45, 2.75) is 0 Å². The monoisotopic (exact) mass is 142 g/mol. The SMILES string of the molecule is [CH2]OC(=O)CN1C=CCO1. The van der Waals surface area contributed by atoms with Crippen LogP contribution in [0, 0.1) is 7.11 Å². The van der Waals surface area contributed by atoms with Crippen molar-refractivity contribution in [3.05, 3.63) is 19.4 Å². The number of carbonyl (C=O) groups is 1. The van der Waals surface area contributed by atoms with Gasteiger partial charge in [-0.25, -0.2) is 0 Å². The van der Waals surface area contributed by atoms with Crippen LogP contribution in [-0.4, -0.2) is 24.2 Å². The van der Waals surface area contributed by atoms with Gasteiger partial charge in [0.2, 0.25) is 0 Å². The minimum atomic E-state index is -0.411. The van der Waals surface area contributed by atoms with Crippen LogP contribution < -0.4 is 0 Å². The van der Waals surface area contributed by atoms with Gasteiger partial charge in [-0.05, 0) is 6.08 Å².